The first-order valence-electron chi connectivity index (χ1n) is 5.29. The lowest BCUT2D eigenvalue weighted by Gasteiger charge is -2.23. The van der Waals surface area contributed by atoms with Crippen LogP contribution in [0.3, 0.4) is 0 Å². The summed E-state index contributed by atoms with van der Waals surface area (Å²) in [5.74, 6) is -1.37. The number of halogens is 3. The molecule has 0 radical (unpaired) electrons. The van der Waals surface area contributed by atoms with E-state index in [4.69, 9.17) is 0 Å². The summed E-state index contributed by atoms with van der Waals surface area (Å²) >= 11 is 4.81. The van der Waals surface area contributed by atoms with Crippen LogP contribution in [0.1, 0.15) is 17.4 Å². The molecule has 1 atom stereocenters. The van der Waals surface area contributed by atoms with Crippen molar-refractivity contribution in [3.63, 3.8) is 0 Å². The molecule has 1 N–H and O–H groups in total. The number of hydrogen-bond acceptors (Lipinski definition) is 2. The molecule has 96 valence electrons. The van der Waals surface area contributed by atoms with E-state index >= 15 is 0 Å². The Hall–Kier alpha value is -0.780. The van der Waals surface area contributed by atoms with Gasteiger partial charge in [0.05, 0.1) is 5.60 Å². The zero-order valence-electron chi connectivity index (χ0n) is 9.58. The smallest absolute Gasteiger partial charge is 0.126 e. The zero-order valence-corrected chi connectivity index (χ0v) is 12.0. The van der Waals surface area contributed by atoms with Crippen LogP contribution in [0, 0.1) is 11.6 Å². The van der Waals surface area contributed by atoms with Crippen molar-refractivity contribution in [2.75, 3.05) is 0 Å². The molecule has 2 aromatic rings. The predicted molar refractivity (Wildman–Crippen MR) is 71.7 cm³/mol. The summed E-state index contributed by atoms with van der Waals surface area (Å²) in [6, 6.07) is 4.99. The minimum Gasteiger partial charge on any atom is -0.385 e. The number of hydrogen-bond donors (Lipinski definition) is 1. The van der Waals surface area contributed by atoms with E-state index in [0.29, 0.717) is 6.42 Å². The fourth-order valence-electron chi connectivity index (χ4n) is 1.75. The Kier molecular flexibility index (Phi) is 3.84. The summed E-state index contributed by atoms with van der Waals surface area (Å²) < 4.78 is 27.2. The summed E-state index contributed by atoms with van der Waals surface area (Å²) in [6.07, 6.45) is 0.312. The van der Waals surface area contributed by atoms with Gasteiger partial charge in [-0.2, -0.15) is 0 Å². The molecule has 0 aliphatic heterocycles. The molecule has 0 aliphatic carbocycles. The molecular weight excluding hydrogens is 322 g/mol. The Morgan fingerprint density at radius 3 is 2.33 bits per heavy atom. The van der Waals surface area contributed by atoms with Gasteiger partial charge in [0.25, 0.3) is 0 Å². The Bertz CT molecular complexity index is 546. The monoisotopic (exact) mass is 332 g/mol. The number of thiophene rings is 1. The zero-order chi connectivity index (χ0) is 13.3. The first kappa shape index (κ1) is 13.6. The third-order valence-electron chi connectivity index (χ3n) is 2.62. The van der Waals surface area contributed by atoms with Crippen LogP contribution in [-0.4, -0.2) is 5.11 Å². The summed E-state index contributed by atoms with van der Waals surface area (Å²) in [5, 5.41) is 12.3. The van der Waals surface area contributed by atoms with Gasteiger partial charge in [0.2, 0.25) is 0 Å². The Labute approximate surface area is 116 Å². The van der Waals surface area contributed by atoms with Gasteiger partial charge in [0, 0.05) is 27.2 Å². The molecule has 2 rings (SSSR count). The van der Waals surface area contributed by atoms with Gasteiger partial charge in [0.15, 0.2) is 0 Å². The molecule has 1 nitrogen and oxygen atoms in total. The van der Waals surface area contributed by atoms with Gasteiger partial charge in [-0.25, -0.2) is 8.78 Å². The second-order valence-electron chi connectivity index (χ2n) is 4.34. The quantitative estimate of drug-likeness (QED) is 0.891. The number of benzene rings is 1. The van der Waals surface area contributed by atoms with E-state index in [0.717, 1.165) is 27.5 Å². The van der Waals surface area contributed by atoms with Crippen molar-refractivity contribution in [1.29, 1.82) is 0 Å². The standard InChI is InChI=1S/C13H11BrF2OS/c1-13(17,6-12-4-9(14)7-18-12)8-2-10(15)5-11(16)3-8/h2-5,7,17H,6H2,1H3. The van der Waals surface area contributed by atoms with Crippen LogP contribution in [0.15, 0.2) is 34.1 Å². The molecule has 0 aliphatic rings. The van der Waals surface area contributed by atoms with E-state index in [2.05, 4.69) is 15.9 Å². The molecule has 1 aromatic heterocycles. The lowest BCUT2D eigenvalue weighted by molar-refractivity contribution is 0.0578. The van der Waals surface area contributed by atoms with Crippen molar-refractivity contribution in [3.05, 3.63) is 56.2 Å². The van der Waals surface area contributed by atoms with E-state index in [9.17, 15) is 13.9 Å². The first-order chi connectivity index (χ1) is 8.37. The molecule has 0 spiro atoms. The average Bonchev–Trinajstić information content (AvgIpc) is 2.61. The number of aliphatic hydroxyl groups is 1. The van der Waals surface area contributed by atoms with E-state index in [-0.39, 0.29) is 5.56 Å². The van der Waals surface area contributed by atoms with Gasteiger partial charge in [-0.1, -0.05) is 0 Å². The normalized spacial score (nSPS) is 14.5. The molecule has 0 amide bonds. The van der Waals surface area contributed by atoms with Crippen molar-refractivity contribution in [3.8, 4) is 0 Å². The van der Waals surface area contributed by atoms with E-state index < -0.39 is 17.2 Å². The van der Waals surface area contributed by atoms with Crippen LogP contribution >= 0.6 is 27.3 Å². The highest BCUT2D eigenvalue weighted by Gasteiger charge is 2.25. The van der Waals surface area contributed by atoms with Crippen LogP contribution in [0.5, 0.6) is 0 Å². The third-order valence-corrected chi connectivity index (χ3v) is 4.32. The molecule has 5 heteroatoms. The topological polar surface area (TPSA) is 20.2 Å². The van der Waals surface area contributed by atoms with Gasteiger partial charge in [-0.15, -0.1) is 11.3 Å². The van der Waals surface area contributed by atoms with Crippen molar-refractivity contribution < 1.29 is 13.9 Å². The highest BCUT2D eigenvalue weighted by molar-refractivity contribution is 9.10. The molecule has 0 fully saturated rings. The molecule has 18 heavy (non-hydrogen) atoms. The summed E-state index contributed by atoms with van der Waals surface area (Å²) in [4.78, 5) is 0.941. The van der Waals surface area contributed by atoms with Gasteiger partial charge < -0.3 is 5.11 Å². The van der Waals surface area contributed by atoms with Crippen LogP contribution in [0.25, 0.3) is 0 Å². The predicted octanol–water partition coefficient (Wildman–Crippen LogP) is 4.24. The Morgan fingerprint density at radius 1 is 1.22 bits per heavy atom. The molecule has 0 bridgehead atoms. The molecule has 1 unspecified atom stereocenters. The minimum absolute atomic E-state index is 0.240. The molecule has 0 saturated carbocycles. The van der Waals surface area contributed by atoms with E-state index in [1.54, 1.807) is 6.92 Å². The lowest BCUT2D eigenvalue weighted by atomic mass is 9.92. The second-order valence-corrected chi connectivity index (χ2v) is 6.25. The highest BCUT2D eigenvalue weighted by Crippen LogP contribution is 2.30. The highest BCUT2D eigenvalue weighted by atomic mass is 79.9. The fraction of sp³-hybridized carbons (Fsp3) is 0.231. The maximum atomic E-state index is 13.1. The minimum atomic E-state index is -1.30. The van der Waals surface area contributed by atoms with E-state index in [1.165, 1.54) is 11.3 Å². The summed E-state index contributed by atoms with van der Waals surface area (Å²) in [5.41, 5.74) is -1.06. The Balaban J connectivity index is 2.29. The van der Waals surface area contributed by atoms with Crippen molar-refractivity contribution in [2.24, 2.45) is 0 Å². The van der Waals surface area contributed by atoms with Crippen molar-refractivity contribution in [1.82, 2.24) is 0 Å². The molecule has 1 aromatic carbocycles. The van der Waals surface area contributed by atoms with Gasteiger partial charge >= 0.3 is 0 Å². The lowest BCUT2D eigenvalue weighted by Crippen LogP contribution is -2.24. The van der Waals surface area contributed by atoms with Crippen LogP contribution < -0.4 is 0 Å². The van der Waals surface area contributed by atoms with Gasteiger partial charge in [-0.05, 0) is 46.6 Å². The third kappa shape index (κ3) is 3.16. The molecular formula is C13H11BrF2OS. The Morgan fingerprint density at radius 2 is 1.83 bits per heavy atom. The molecule has 1 heterocycles. The molecule has 0 saturated heterocycles. The number of rotatable bonds is 3. The van der Waals surface area contributed by atoms with Crippen LogP contribution in [0.2, 0.25) is 0 Å². The SMILES string of the molecule is CC(O)(Cc1cc(Br)cs1)c1cc(F)cc(F)c1. The van der Waals surface area contributed by atoms with E-state index in [1.807, 2.05) is 11.4 Å². The van der Waals surface area contributed by atoms with Crippen LogP contribution in [-0.2, 0) is 12.0 Å². The average molecular weight is 333 g/mol. The van der Waals surface area contributed by atoms with Crippen LogP contribution in [0.4, 0.5) is 8.78 Å². The maximum absolute atomic E-state index is 13.1. The van der Waals surface area contributed by atoms with Crippen molar-refractivity contribution in [2.45, 2.75) is 18.9 Å². The van der Waals surface area contributed by atoms with Crippen molar-refractivity contribution >= 4 is 27.3 Å². The summed E-state index contributed by atoms with van der Waals surface area (Å²) in [7, 11) is 0. The largest absolute Gasteiger partial charge is 0.385 e. The summed E-state index contributed by atoms with van der Waals surface area (Å²) in [6.45, 7) is 1.55. The second kappa shape index (κ2) is 5.07. The fourth-order valence-corrected chi connectivity index (χ4v) is 3.35. The maximum Gasteiger partial charge on any atom is 0.126 e. The van der Waals surface area contributed by atoms with Gasteiger partial charge in [0.1, 0.15) is 11.6 Å². The first-order valence-corrected chi connectivity index (χ1v) is 6.96. The van der Waals surface area contributed by atoms with Gasteiger partial charge in [-0.3, -0.25) is 0 Å².